The number of aryl methyl sites for hydroxylation is 3. The molecule has 2 fully saturated rings. The SMILES string of the molecule is CCc1ccc(CN2CC3CN(C(=O)CCn4ccnc4CC)CC3(CO)C2)s1. The molecule has 0 saturated carbocycles. The lowest BCUT2D eigenvalue weighted by atomic mass is 9.82. The normalized spacial score (nSPS) is 24.4. The van der Waals surface area contributed by atoms with Gasteiger partial charge in [0.2, 0.25) is 5.91 Å². The van der Waals surface area contributed by atoms with E-state index in [1.54, 1.807) is 6.20 Å². The summed E-state index contributed by atoms with van der Waals surface area (Å²) in [6, 6.07) is 4.46. The molecule has 1 amide bonds. The van der Waals surface area contributed by atoms with Gasteiger partial charge in [0.05, 0.1) is 6.61 Å². The number of fused-ring (bicyclic) bond motifs is 1. The van der Waals surface area contributed by atoms with E-state index >= 15 is 0 Å². The third kappa shape index (κ3) is 4.13. The molecule has 7 heteroatoms. The number of aliphatic hydroxyl groups is 1. The van der Waals surface area contributed by atoms with Crippen LogP contribution in [0.25, 0.3) is 0 Å². The molecule has 4 rings (SSSR count). The third-order valence-corrected chi connectivity index (χ3v) is 7.84. The predicted molar refractivity (Wildman–Crippen MR) is 115 cm³/mol. The Morgan fingerprint density at radius 2 is 2.07 bits per heavy atom. The number of likely N-dealkylation sites (tertiary alicyclic amines) is 2. The molecule has 0 spiro atoms. The van der Waals surface area contributed by atoms with Gasteiger partial charge in [0.25, 0.3) is 0 Å². The lowest BCUT2D eigenvalue weighted by molar-refractivity contribution is -0.131. The van der Waals surface area contributed by atoms with Crippen molar-refractivity contribution in [1.82, 2.24) is 19.4 Å². The molecule has 6 nitrogen and oxygen atoms in total. The topological polar surface area (TPSA) is 61.6 Å². The summed E-state index contributed by atoms with van der Waals surface area (Å²) in [5.74, 6) is 1.58. The Balaban J connectivity index is 1.33. The van der Waals surface area contributed by atoms with Gasteiger partial charge in [-0.2, -0.15) is 0 Å². The van der Waals surface area contributed by atoms with Crippen LogP contribution in [0, 0.1) is 11.3 Å². The van der Waals surface area contributed by atoms with Gasteiger partial charge in [0.1, 0.15) is 5.82 Å². The van der Waals surface area contributed by atoms with Crippen molar-refractivity contribution in [3.05, 3.63) is 40.1 Å². The molecule has 158 valence electrons. The Bertz CT molecular complexity index is 847. The van der Waals surface area contributed by atoms with Gasteiger partial charge in [-0.05, 0) is 24.5 Å². The number of hydrogen-bond donors (Lipinski definition) is 1. The highest BCUT2D eigenvalue weighted by Crippen LogP contribution is 2.43. The van der Waals surface area contributed by atoms with E-state index < -0.39 is 0 Å². The predicted octanol–water partition coefficient (Wildman–Crippen LogP) is 2.41. The second kappa shape index (κ2) is 8.58. The molecule has 2 aromatic heterocycles. The largest absolute Gasteiger partial charge is 0.396 e. The zero-order chi connectivity index (χ0) is 20.4. The highest BCUT2D eigenvalue weighted by Gasteiger charge is 2.52. The molecule has 0 aromatic carbocycles. The van der Waals surface area contributed by atoms with E-state index in [1.807, 2.05) is 22.4 Å². The number of amides is 1. The van der Waals surface area contributed by atoms with E-state index in [4.69, 9.17) is 0 Å². The van der Waals surface area contributed by atoms with Crippen molar-refractivity contribution in [3.63, 3.8) is 0 Å². The Morgan fingerprint density at radius 1 is 1.24 bits per heavy atom. The van der Waals surface area contributed by atoms with Crippen LogP contribution in [0.15, 0.2) is 24.5 Å². The molecule has 2 atom stereocenters. The monoisotopic (exact) mass is 416 g/mol. The van der Waals surface area contributed by atoms with Crippen molar-refractivity contribution in [2.45, 2.75) is 46.2 Å². The van der Waals surface area contributed by atoms with Gasteiger partial charge in [-0.15, -0.1) is 11.3 Å². The molecule has 2 aromatic rings. The van der Waals surface area contributed by atoms with Gasteiger partial charge < -0.3 is 14.6 Å². The van der Waals surface area contributed by atoms with Gasteiger partial charge in [-0.25, -0.2) is 4.98 Å². The molecule has 1 N–H and O–H groups in total. The summed E-state index contributed by atoms with van der Waals surface area (Å²) in [7, 11) is 0. The molecule has 0 radical (unpaired) electrons. The van der Waals surface area contributed by atoms with Crippen LogP contribution in [0.3, 0.4) is 0 Å². The smallest absolute Gasteiger partial charge is 0.224 e. The maximum Gasteiger partial charge on any atom is 0.224 e. The Morgan fingerprint density at radius 3 is 2.76 bits per heavy atom. The van der Waals surface area contributed by atoms with Crippen molar-refractivity contribution < 1.29 is 9.90 Å². The molecule has 0 aliphatic carbocycles. The van der Waals surface area contributed by atoms with Crippen LogP contribution in [0.4, 0.5) is 0 Å². The van der Waals surface area contributed by atoms with Gasteiger partial charge in [0, 0.05) is 79.7 Å². The number of carbonyl (C=O) groups is 1. The minimum absolute atomic E-state index is 0.157. The second-order valence-corrected chi connectivity index (χ2v) is 9.78. The first kappa shape index (κ1) is 20.6. The first-order valence-corrected chi connectivity index (χ1v) is 11.6. The molecule has 2 saturated heterocycles. The lowest BCUT2D eigenvalue weighted by Crippen LogP contribution is -2.39. The summed E-state index contributed by atoms with van der Waals surface area (Å²) in [4.78, 5) is 24.4. The highest BCUT2D eigenvalue weighted by atomic mass is 32.1. The third-order valence-electron chi connectivity index (χ3n) is 6.63. The number of imidazole rings is 1. The standard InChI is InChI=1S/C22H32N4O2S/c1-3-18-5-6-19(29-18)13-24-11-17-12-26(15-22(17,14-24)16-27)21(28)7-9-25-10-8-23-20(25)4-2/h5-6,8,10,17,27H,3-4,7,9,11-16H2,1-2H3. The van der Waals surface area contributed by atoms with Crippen LogP contribution < -0.4 is 0 Å². The quantitative estimate of drug-likeness (QED) is 0.718. The van der Waals surface area contributed by atoms with E-state index in [1.165, 1.54) is 9.75 Å². The molecule has 0 bridgehead atoms. The summed E-state index contributed by atoms with van der Waals surface area (Å²) in [6.45, 7) is 9.35. The first-order valence-electron chi connectivity index (χ1n) is 10.8. The van der Waals surface area contributed by atoms with Crippen LogP contribution in [0.1, 0.15) is 35.8 Å². The Labute approximate surface area is 177 Å². The first-order chi connectivity index (χ1) is 14.1. The molecule has 4 heterocycles. The van der Waals surface area contributed by atoms with Crippen molar-refractivity contribution in [1.29, 1.82) is 0 Å². The van der Waals surface area contributed by atoms with Gasteiger partial charge in [0.15, 0.2) is 0 Å². The molecule has 29 heavy (non-hydrogen) atoms. The van der Waals surface area contributed by atoms with Crippen LogP contribution >= 0.6 is 11.3 Å². The molecule has 2 aliphatic rings. The van der Waals surface area contributed by atoms with Crippen molar-refractivity contribution in [2.75, 3.05) is 32.8 Å². The summed E-state index contributed by atoms with van der Waals surface area (Å²) >= 11 is 1.89. The van der Waals surface area contributed by atoms with E-state index in [9.17, 15) is 9.90 Å². The Kier molecular flexibility index (Phi) is 6.08. The second-order valence-electron chi connectivity index (χ2n) is 8.52. The fourth-order valence-electron chi connectivity index (χ4n) is 4.97. The number of aromatic nitrogens is 2. The van der Waals surface area contributed by atoms with Crippen LogP contribution in [0.2, 0.25) is 0 Å². The summed E-state index contributed by atoms with van der Waals surface area (Å²) in [6.07, 6.45) is 6.21. The zero-order valence-corrected chi connectivity index (χ0v) is 18.3. The average Bonchev–Trinajstić information content (AvgIpc) is 3.48. The molecular weight excluding hydrogens is 384 g/mol. The lowest BCUT2D eigenvalue weighted by Gasteiger charge is -2.27. The number of nitrogens with zero attached hydrogens (tertiary/aromatic N) is 4. The van der Waals surface area contributed by atoms with Gasteiger partial charge >= 0.3 is 0 Å². The number of carbonyl (C=O) groups excluding carboxylic acids is 1. The van der Waals surface area contributed by atoms with Gasteiger partial charge in [-0.3, -0.25) is 9.69 Å². The van der Waals surface area contributed by atoms with E-state index in [0.717, 1.165) is 44.8 Å². The zero-order valence-electron chi connectivity index (χ0n) is 17.5. The summed E-state index contributed by atoms with van der Waals surface area (Å²) in [5, 5.41) is 10.2. The number of aliphatic hydroxyl groups excluding tert-OH is 1. The number of hydrogen-bond acceptors (Lipinski definition) is 5. The van der Waals surface area contributed by atoms with E-state index in [-0.39, 0.29) is 17.9 Å². The molecular formula is C22H32N4O2S. The Hall–Kier alpha value is -1.70. The highest BCUT2D eigenvalue weighted by molar-refractivity contribution is 7.11. The van der Waals surface area contributed by atoms with Gasteiger partial charge in [-0.1, -0.05) is 13.8 Å². The fourth-order valence-corrected chi connectivity index (χ4v) is 5.98. The molecule has 2 aliphatic heterocycles. The maximum absolute atomic E-state index is 12.8. The summed E-state index contributed by atoms with van der Waals surface area (Å²) in [5.41, 5.74) is -0.163. The fraction of sp³-hybridized carbons (Fsp3) is 0.636. The van der Waals surface area contributed by atoms with Crippen LogP contribution in [-0.2, 0) is 30.7 Å². The van der Waals surface area contributed by atoms with E-state index in [2.05, 4.69) is 40.4 Å². The summed E-state index contributed by atoms with van der Waals surface area (Å²) < 4.78 is 2.07. The van der Waals surface area contributed by atoms with Crippen molar-refractivity contribution in [3.8, 4) is 0 Å². The molecule has 2 unspecified atom stereocenters. The maximum atomic E-state index is 12.8. The number of rotatable bonds is 8. The minimum Gasteiger partial charge on any atom is -0.396 e. The average molecular weight is 417 g/mol. The van der Waals surface area contributed by atoms with Crippen molar-refractivity contribution >= 4 is 17.2 Å². The van der Waals surface area contributed by atoms with Crippen molar-refractivity contribution in [2.24, 2.45) is 11.3 Å². The van der Waals surface area contributed by atoms with Crippen LogP contribution in [-0.4, -0.2) is 63.2 Å². The van der Waals surface area contributed by atoms with E-state index in [0.29, 0.717) is 25.4 Å². The number of thiophene rings is 1. The minimum atomic E-state index is -0.163. The van der Waals surface area contributed by atoms with Crippen LogP contribution in [0.5, 0.6) is 0 Å².